The van der Waals surface area contributed by atoms with Gasteiger partial charge in [-0.2, -0.15) is 0 Å². The number of anilines is 3. The molecule has 1 amide bonds. The third kappa shape index (κ3) is 2.79. The van der Waals surface area contributed by atoms with Gasteiger partial charge in [-0.05, 0) is 43.5 Å². The largest absolute Gasteiger partial charge is 0.464 e. The van der Waals surface area contributed by atoms with Crippen LogP contribution in [0.15, 0.2) is 38.3 Å². The van der Waals surface area contributed by atoms with E-state index in [9.17, 15) is 14.4 Å². The molecule has 1 aromatic heterocycles. The fraction of sp³-hybridized carbons (Fsp3) is 0.286. The van der Waals surface area contributed by atoms with E-state index in [1.165, 1.54) is 0 Å². The molecule has 1 aliphatic rings. The summed E-state index contributed by atoms with van der Waals surface area (Å²) in [5.74, 6) is 1.29. The van der Waals surface area contributed by atoms with Gasteiger partial charge in [-0.3, -0.25) is 14.4 Å². The van der Waals surface area contributed by atoms with E-state index in [0.717, 1.165) is 16.9 Å². The maximum absolute atomic E-state index is 12.2. The zero-order valence-electron chi connectivity index (χ0n) is 15.9. The molecule has 1 aliphatic heterocycles. The van der Waals surface area contributed by atoms with E-state index in [4.69, 9.17) is 4.42 Å². The van der Waals surface area contributed by atoms with Crippen LogP contribution in [-0.4, -0.2) is 5.91 Å². The third-order valence-electron chi connectivity index (χ3n) is 5.16. The molecule has 2 heterocycles. The van der Waals surface area contributed by atoms with Crippen molar-refractivity contribution in [2.75, 3.05) is 10.6 Å². The van der Waals surface area contributed by atoms with Gasteiger partial charge in [-0.25, -0.2) is 0 Å². The van der Waals surface area contributed by atoms with Gasteiger partial charge in [0, 0.05) is 6.54 Å². The Kier molecular flexibility index (Phi) is 4.30. The number of hydrogen-bond acceptors (Lipinski definition) is 6. The number of rotatable bonds is 6. The quantitative estimate of drug-likeness (QED) is 0.569. The maximum atomic E-state index is 12.2. The smallest absolute Gasteiger partial charge is 0.254 e. The average molecular weight is 379 g/mol. The number of furan rings is 1. The van der Waals surface area contributed by atoms with Gasteiger partial charge in [0.1, 0.15) is 22.9 Å². The van der Waals surface area contributed by atoms with Crippen LogP contribution in [-0.2, 0) is 6.54 Å². The van der Waals surface area contributed by atoms with Crippen LogP contribution >= 0.6 is 0 Å². The summed E-state index contributed by atoms with van der Waals surface area (Å²) in [4.78, 5) is 36.7. The molecule has 28 heavy (non-hydrogen) atoms. The molecular weight excluding hydrogens is 358 g/mol. The van der Waals surface area contributed by atoms with Gasteiger partial charge in [0.15, 0.2) is 0 Å². The molecule has 0 bridgehead atoms. The van der Waals surface area contributed by atoms with Crippen LogP contribution < -0.4 is 26.8 Å². The van der Waals surface area contributed by atoms with E-state index in [0.29, 0.717) is 30.0 Å². The van der Waals surface area contributed by atoms with Crippen molar-refractivity contribution in [3.8, 4) is 0 Å². The lowest BCUT2D eigenvalue weighted by Crippen LogP contribution is -2.37. The first-order valence-corrected chi connectivity index (χ1v) is 9.24. The lowest BCUT2D eigenvalue weighted by molar-refractivity contribution is 0.0966. The average Bonchev–Trinajstić information content (AvgIpc) is 3.28. The van der Waals surface area contributed by atoms with Crippen molar-refractivity contribution in [3.05, 3.63) is 72.9 Å². The maximum Gasteiger partial charge on any atom is 0.254 e. The van der Waals surface area contributed by atoms with Gasteiger partial charge in [0.25, 0.3) is 16.8 Å². The molecule has 0 saturated heterocycles. The lowest BCUT2D eigenvalue weighted by atomic mass is 10.0. The lowest BCUT2D eigenvalue weighted by Gasteiger charge is -2.21. The number of benzene rings is 1. The molecule has 2 aromatic carbocycles. The van der Waals surface area contributed by atoms with Crippen molar-refractivity contribution in [2.45, 2.75) is 39.8 Å². The van der Waals surface area contributed by atoms with E-state index in [-0.39, 0.29) is 23.3 Å². The topological polar surface area (TPSA) is 100 Å². The van der Waals surface area contributed by atoms with Crippen LogP contribution in [0.5, 0.6) is 0 Å². The Balaban J connectivity index is 1.68. The van der Waals surface area contributed by atoms with E-state index < -0.39 is 10.9 Å². The summed E-state index contributed by atoms with van der Waals surface area (Å²) in [6, 6.07) is 7.26. The standard InChI is InChI=1S/C21H21N3O4/c1-4-13(14-8-6-11(3)28-14)23-17-18(20(26)19(17)25)24-16-10(2)5-7-12-9-22-21(27)15(12)16/h5-8,13,23-24H,4,9H2,1-3H3,(H,22,27). The third-order valence-corrected chi connectivity index (χ3v) is 5.16. The summed E-state index contributed by atoms with van der Waals surface area (Å²) in [6.45, 7) is 6.13. The second-order valence-electron chi connectivity index (χ2n) is 7.06. The van der Waals surface area contributed by atoms with Gasteiger partial charge in [-0.15, -0.1) is 0 Å². The predicted octanol–water partition coefficient (Wildman–Crippen LogP) is 3.04. The minimum Gasteiger partial charge on any atom is -0.464 e. The highest BCUT2D eigenvalue weighted by Crippen LogP contribution is 2.33. The van der Waals surface area contributed by atoms with Crippen LogP contribution in [0.1, 0.15) is 52.4 Å². The first-order valence-electron chi connectivity index (χ1n) is 9.24. The molecule has 3 N–H and O–H groups in total. The van der Waals surface area contributed by atoms with Crippen LogP contribution in [0.2, 0.25) is 0 Å². The molecule has 3 aromatic rings. The molecular formula is C21H21N3O4. The molecule has 1 unspecified atom stereocenters. The zero-order valence-corrected chi connectivity index (χ0v) is 15.9. The number of amides is 1. The fourth-order valence-electron chi connectivity index (χ4n) is 3.54. The number of fused-ring (bicyclic) bond motifs is 1. The molecule has 0 aliphatic carbocycles. The Hall–Kier alpha value is -3.35. The van der Waals surface area contributed by atoms with Crippen LogP contribution in [0.3, 0.4) is 0 Å². The molecule has 4 rings (SSSR count). The molecule has 7 heteroatoms. The van der Waals surface area contributed by atoms with Crippen molar-refractivity contribution in [1.29, 1.82) is 0 Å². The Morgan fingerprint density at radius 2 is 1.79 bits per heavy atom. The van der Waals surface area contributed by atoms with Crippen molar-refractivity contribution in [3.63, 3.8) is 0 Å². The Bertz CT molecular complexity index is 1150. The number of aryl methyl sites for hydroxylation is 2. The van der Waals surface area contributed by atoms with E-state index in [2.05, 4.69) is 16.0 Å². The van der Waals surface area contributed by atoms with Gasteiger partial charge >= 0.3 is 0 Å². The summed E-state index contributed by atoms with van der Waals surface area (Å²) in [7, 11) is 0. The summed E-state index contributed by atoms with van der Waals surface area (Å²) >= 11 is 0. The summed E-state index contributed by atoms with van der Waals surface area (Å²) in [5.41, 5.74) is 2.01. The van der Waals surface area contributed by atoms with Gasteiger partial charge in [0.2, 0.25) is 0 Å². The number of nitrogens with one attached hydrogen (secondary N) is 3. The van der Waals surface area contributed by atoms with Crippen LogP contribution in [0, 0.1) is 13.8 Å². The molecule has 1 atom stereocenters. The molecule has 0 saturated carbocycles. The van der Waals surface area contributed by atoms with Crippen molar-refractivity contribution in [2.24, 2.45) is 0 Å². The fourth-order valence-corrected chi connectivity index (χ4v) is 3.54. The molecule has 7 nitrogen and oxygen atoms in total. The Morgan fingerprint density at radius 1 is 1.04 bits per heavy atom. The number of hydrogen-bond donors (Lipinski definition) is 3. The van der Waals surface area contributed by atoms with Crippen molar-refractivity contribution >= 4 is 23.0 Å². The number of carbonyl (C=O) groups excluding carboxylic acids is 1. The Morgan fingerprint density at radius 3 is 2.46 bits per heavy atom. The van der Waals surface area contributed by atoms with Crippen molar-refractivity contribution < 1.29 is 9.21 Å². The zero-order chi connectivity index (χ0) is 20.0. The molecule has 0 fully saturated rings. The van der Waals surface area contributed by atoms with Gasteiger partial charge in [-0.1, -0.05) is 19.1 Å². The minimum absolute atomic E-state index is 0.183. The van der Waals surface area contributed by atoms with Gasteiger partial charge in [0.05, 0.1) is 17.3 Å². The normalized spacial score (nSPS) is 14.0. The highest BCUT2D eigenvalue weighted by Gasteiger charge is 2.29. The highest BCUT2D eigenvalue weighted by atomic mass is 16.3. The molecule has 0 spiro atoms. The molecule has 144 valence electrons. The first kappa shape index (κ1) is 18.0. The SMILES string of the molecule is CCC(Nc1c(Nc2c(C)ccc3c2C(=O)NC3)c(=O)c1=O)c1ccc(C)o1. The van der Waals surface area contributed by atoms with Crippen LogP contribution in [0.4, 0.5) is 17.1 Å². The van der Waals surface area contributed by atoms with E-state index in [1.54, 1.807) is 0 Å². The monoisotopic (exact) mass is 379 g/mol. The summed E-state index contributed by atoms with van der Waals surface area (Å²) in [6.07, 6.45) is 0.674. The van der Waals surface area contributed by atoms with Crippen LogP contribution in [0.25, 0.3) is 0 Å². The predicted molar refractivity (Wildman–Crippen MR) is 107 cm³/mol. The van der Waals surface area contributed by atoms with Gasteiger partial charge < -0.3 is 20.4 Å². The Labute approximate surface area is 161 Å². The number of carbonyl (C=O) groups is 1. The first-order chi connectivity index (χ1) is 13.4. The second kappa shape index (κ2) is 6.67. The second-order valence-corrected chi connectivity index (χ2v) is 7.06. The van der Waals surface area contributed by atoms with E-state index >= 15 is 0 Å². The summed E-state index contributed by atoms with van der Waals surface area (Å²) in [5, 5.41) is 8.97. The van der Waals surface area contributed by atoms with Crippen molar-refractivity contribution in [1.82, 2.24) is 5.32 Å². The van der Waals surface area contributed by atoms with E-state index in [1.807, 2.05) is 45.0 Å². The minimum atomic E-state index is -0.594. The molecule has 0 radical (unpaired) electrons. The summed E-state index contributed by atoms with van der Waals surface area (Å²) < 4.78 is 5.66. The highest BCUT2D eigenvalue weighted by molar-refractivity contribution is 6.05.